The zero-order chi connectivity index (χ0) is 7.44. The van der Waals surface area contributed by atoms with Gasteiger partial charge in [-0.25, -0.2) is 0 Å². The van der Waals surface area contributed by atoms with Crippen LogP contribution in [-0.2, 0) is 9.53 Å². The predicted molar refractivity (Wildman–Crippen MR) is 31.7 cm³/mol. The van der Waals surface area contributed by atoms with Gasteiger partial charge in [0, 0.05) is 0 Å². The van der Waals surface area contributed by atoms with Crippen molar-refractivity contribution >= 4 is 5.97 Å². The van der Waals surface area contributed by atoms with Crippen molar-refractivity contribution in [2.75, 3.05) is 7.11 Å². The number of hydrogen-bond acceptors (Lipinski definition) is 4. The third-order valence-corrected chi connectivity index (χ3v) is 0.993. The summed E-state index contributed by atoms with van der Waals surface area (Å²) in [7, 11) is 1.23. The highest BCUT2D eigenvalue weighted by Gasteiger charge is 2.18. The van der Waals surface area contributed by atoms with Crippen LogP contribution in [0, 0.1) is 0 Å². The molecule has 0 fully saturated rings. The number of methoxy groups -OCH3 is 1. The van der Waals surface area contributed by atoms with Crippen LogP contribution in [-0.4, -0.2) is 30.3 Å². The second-order valence-electron chi connectivity index (χ2n) is 1.79. The lowest BCUT2D eigenvalue weighted by Crippen LogP contribution is -2.40. The molecule has 4 nitrogen and oxygen atoms in total. The second kappa shape index (κ2) is 3.42. The first-order chi connectivity index (χ1) is 4.09. The lowest BCUT2D eigenvalue weighted by Gasteiger charge is -2.10. The van der Waals surface area contributed by atoms with Gasteiger partial charge in [-0.2, -0.15) is 0 Å². The van der Waals surface area contributed by atoms with E-state index in [-0.39, 0.29) is 0 Å². The molecular formula is C5H11NO3. The number of ether oxygens (including phenoxy) is 1. The minimum atomic E-state index is -0.921. The highest BCUT2D eigenvalue weighted by molar-refractivity contribution is 5.75. The van der Waals surface area contributed by atoms with Gasteiger partial charge in [0.2, 0.25) is 0 Å². The summed E-state index contributed by atoms with van der Waals surface area (Å²) in [5, 5.41) is 8.70. The Morgan fingerprint density at radius 2 is 2.22 bits per heavy atom. The Bertz CT molecular complexity index is 102. The Morgan fingerprint density at radius 3 is 2.33 bits per heavy atom. The number of nitrogens with two attached hydrogens (primary N) is 1. The molecule has 0 bridgehead atoms. The smallest absolute Gasteiger partial charge is 0.325 e. The molecule has 0 aliphatic heterocycles. The van der Waals surface area contributed by atoms with Crippen molar-refractivity contribution in [1.82, 2.24) is 0 Å². The van der Waals surface area contributed by atoms with Crippen molar-refractivity contribution < 1.29 is 14.6 Å². The van der Waals surface area contributed by atoms with E-state index in [1.54, 1.807) is 0 Å². The molecule has 0 aromatic heterocycles. The first kappa shape index (κ1) is 8.39. The van der Waals surface area contributed by atoms with E-state index in [4.69, 9.17) is 10.8 Å². The lowest BCUT2D eigenvalue weighted by atomic mass is 10.2. The van der Waals surface area contributed by atoms with Gasteiger partial charge in [0.25, 0.3) is 0 Å². The summed E-state index contributed by atoms with van der Waals surface area (Å²) in [5.74, 6) is -0.593. The van der Waals surface area contributed by atoms with Crippen molar-refractivity contribution in [1.29, 1.82) is 0 Å². The maximum Gasteiger partial charge on any atom is 0.325 e. The van der Waals surface area contributed by atoms with E-state index in [9.17, 15) is 4.79 Å². The van der Waals surface area contributed by atoms with Crippen LogP contribution < -0.4 is 5.73 Å². The van der Waals surface area contributed by atoms with Gasteiger partial charge in [0.15, 0.2) is 0 Å². The molecule has 2 atom stereocenters. The Kier molecular flexibility index (Phi) is 3.19. The molecule has 0 spiro atoms. The van der Waals surface area contributed by atoms with Crippen molar-refractivity contribution in [3.8, 4) is 0 Å². The topological polar surface area (TPSA) is 72.5 Å². The molecule has 9 heavy (non-hydrogen) atoms. The van der Waals surface area contributed by atoms with Gasteiger partial charge in [0.1, 0.15) is 6.04 Å². The first-order valence-electron chi connectivity index (χ1n) is 2.61. The molecule has 0 aliphatic carbocycles. The highest BCUT2D eigenvalue weighted by Crippen LogP contribution is 1.89. The van der Waals surface area contributed by atoms with Crippen molar-refractivity contribution in [3.05, 3.63) is 0 Å². The van der Waals surface area contributed by atoms with E-state index in [1.165, 1.54) is 14.0 Å². The maximum atomic E-state index is 10.4. The molecule has 0 aromatic carbocycles. The third-order valence-electron chi connectivity index (χ3n) is 0.993. The van der Waals surface area contributed by atoms with E-state index in [0.29, 0.717) is 0 Å². The Morgan fingerprint density at radius 1 is 1.78 bits per heavy atom. The lowest BCUT2D eigenvalue weighted by molar-refractivity contribution is -0.144. The highest BCUT2D eigenvalue weighted by atomic mass is 16.5. The van der Waals surface area contributed by atoms with Crippen LogP contribution in [0.25, 0.3) is 0 Å². The van der Waals surface area contributed by atoms with Crippen molar-refractivity contribution in [2.24, 2.45) is 5.73 Å². The summed E-state index contributed by atoms with van der Waals surface area (Å²) in [5.41, 5.74) is 5.15. The van der Waals surface area contributed by atoms with E-state index in [2.05, 4.69) is 4.74 Å². The number of aliphatic hydroxyl groups excluding tert-OH is 1. The summed E-state index contributed by atoms with van der Waals surface area (Å²) in [6.45, 7) is 1.43. The summed E-state index contributed by atoms with van der Waals surface area (Å²) in [6, 6.07) is -0.921. The molecule has 0 amide bonds. The van der Waals surface area contributed by atoms with Crippen molar-refractivity contribution in [2.45, 2.75) is 19.1 Å². The molecule has 0 aliphatic rings. The maximum absolute atomic E-state index is 10.4. The van der Waals surface area contributed by atoms with E-state index < -0.39 is 18.1 Å². The summed E-state index contributed by atoms with van der Waals surface area (Å²) in [4.78, 5) is 10.4. The average molecular weight is 133 g/mol. The van der Waals surface area contributed by atoms with Gasteiger partial charge in [-0.05, 0) is 6.92 Å². The van der Waals surface area contributed by atoms with Crippen LogP contribution in [0.5, 0.6) is 0 Å². The van der Waals surface area contributed by atoms with Gasteiger partial charge in [0.05, 0.1) is 13.2 Å². The fourth-order valence-electron chi connectivity index (χ4n) is 0.333. The molecule has 0 saturated carbocycles. The van der Waals surface area contributed by atoms with Gasteiger partial charge in [-0.3, -0.25) is 4.79 Å². The zero-order valence-electron chi connectivity index (χ0n) is 5.50. The van der Waals surface area contributed by atoms with E-state index in [0.717, 1.165) is 0 Å². The van der Waals surface area contributed by atoms with E-state index >= 15 is 0 Å². The normalized spacial score (nSPS) is 16.4. The van der Waals surface area contributed by atoms with Crippen LogP contribution in [0.4, 0.5) is 0 Å². The number of rotatable bonds is 2. The standard InChI is InChI=1S/C5H11NO3/c1-3(7)4(6)5(8)9-2/h3-4,7H,6H2,1-2H3/t3-,4-/m1/s1. The Hall–Kier alpha value is -0.610. The molecule has 4 heteroatoms. The minimum Gasteiger partial charge on any atom is -0.468 e. The van der Waals surface area contributed by atoms with Crippen LogP contribution >= 0.6 is 0 Å². The van der Waals surface area contributed by atoms with Gasteiger partial charge in [-0.1, -0.05) is 0 Å². The third kappa shape index (κ3) is 2.43. The molecule has 54 valence electrons. The van der Waals surface area contributed by atoms with Crippen LogP contribution in [0.1, 0.15) is 6.92 Å². The number of esters is 1. The number of hydrogen-bond donors (Lipinski definition) is 2. The molecule has 0 radical (unpaired) electrons. The first-order valence-corrected chi connectivity index (χ1v) is 2.61. The molecule has 0 rings (SSSR count). The van der Waals surface area contributed by atoms with Crippen molar-refractivity contribution in [3.63, 3.8) is 0 Å². The second-order valence-corrected chi connectivity index (χ2v) is 1.79. The van der Waals surface area contributed by atoms with Crippen LogP contribution in [0.2, 0.25) is 0 Å². The van der Waals surface area contributed by atoms with Gasteiger partial charge in [-0.15, -0.1) is 0 Å². The SMILES string of the molecule is COC(=O)[C@H](N)[C@@H](C)O. The Balaban J connectivity index is 3.72. The predicted octanol–water partition coefficient (Wildman–Crippen LogP) is -1.13. The quantitative estimate of drug-likeness (QED) is 0.467. The van der Waals surface area contributed by atoms with Gasteiger partial charge < -0.3 is 15.6 Å². The van der Waals surface area contributed by atoms with Crippen LogP contribution in [0.15, 0.2) is 0 Å². The molecule has 0 heterocycles. The molecule has 0 unspecified atom stereocenters. The van der Waals surface area contributed by atoms with Gasteiger partial charge >= 0.3 is 5.97 Å². The fourth-order valence-corrected chi connectivity index (χ4v) is 0.333. The number of aliphatic hydroxyl groups is 1. The number of carbonyl (C=O) groups excluding carboxylic acids is 1. The minimum absolute atomic E-state index is 0.593. The molecular weight excluding hydrogens is 122 g/mol. The fraction of sp³-hybridized carbons (Fsp3) is 0.800. The molecule has 3 N–H and O–H groups in total. The zero-order valence-corrected chi connectivity index (χ0v) is 5.50. The summed E-state index contributed by atoms with van der Waals surface area (Å²) >= 11 is 0. The van der Waals surface area contributed by atoms with E-state index in [1.807, 2.05) is 0 Å². The molecule has 0 aromatic rings. The summed E-state index contributed by atoms with van der Waals surface area (Å²) < 4.78 is 4.25. The van der Waals surface area contributed by atoms with Crippen LogP contribution in [0.3, 0.4) is 0 Å². The Labute approximate surface area is 53.6 Å². The summed E-state index contributed by atoms with van der Waals surface area (Å²) in [6.07, 6.45) is -0.850. The average Bonchev–Trinajstić information content (AvgIpc) is 1.84. The largest absolute Gasteiger partial charge is 0.468 e. The molecule has 0 saturated heterocycles. The monoisotopic (exact) mass is 133 g/mol. The number of carbonyl (C=O) groups is 1.